The number of aliphatic hydroxyl groups is 1. The molecule has 0 spiro atoms. The summed E-state index contributed by atoms with van der Waals surface area (Å²) in [6.45, 7) is 10.6. The molecule has 4 aromatic carbocycles. The van der Waals surface area contributed by atoms with Crippen LogP contribution >= 0.6 is 34.8 Å². The fourth-order valence-electron chi connectivity index (χ4n) is 7.45. The van der Waals surface area contributed by atoms with E-state index in [2.05, 4.69) is 71.7 Å². The minimum atomic E-state index is -4.70. The number of anilines is 6. The first kappa shape index (κ1) is 56.0. The van der Waals surface area contributed by atoms with Gasteiger partial charge >= 0.3 is 0 Å². The summed E-state index contributed by atoms with van der Waals surface area (Å²) in [5.41, 5.74) is 3.72. The highest BCUT2D eigenvalue weighted by atomic mass is 32.2. The van der Waals surface area contributed by atoms with Gasteiger partial charge in [-0.2, -0.15) is 51.1 Å². The van der Waals surface area contributed by atoms with Crippen LogP contribution in [-0.4, -0.2) is 108 Å². The first-order valence-corrected chi connectivity index (χ1v) is 28.2. The predicted molar refractivity (Wildman–Crippen MR) is 290 cm³/mol. The van der Waals surface area contributed by atoms with Crippen LogP contribution in [0, 0.1) is 22.7 Å². The lowest BCUT2D eigenvalue weighted by Gasteiger charge is -2.22. The summed E-state index contributed by atoms with van der Waals surface area (Å²) >= 11 is 2.88. The lowest BCUT2D eigenvalue weighted by Crippen LogP contribution is -2.21. The van der Waals surface area contributed by atoms with Crippen LogP contribution in [0.2, 0.25) is 0 Å². The van der Waals surface area contributed by atoms with Gasteiger partial charge in [-0.05, 0) is 124 Å². The van der Waals surface area contributed by atoms with Gasteiger partial charge in [-0.3, -0.25) is 9.11 Å². The molecule has 0 saturated carbocycles. The van der Waals surface area contributed by atoms with Crippen molar-refractivity contribution in [1.29, 1.82) is 10.5 Å². The molecule has 0 aliphatic carbocycles. The maximum absolute atomic E-state index is 12.2. The zero-order chi connectivity index (χ0) is 54.7. The summed E-state index contributed by atoms with van der Waals surface area (Å²) in [5.74, 6) is 0.173. The van der Waals surface area contributed by atoms with E-state index in [0.29, 0.717) is 48.9 Å². The number of benzene rings is 4. The maximum Gasteiger partial charge on any atom is 0.298 e. The number of aromatic nitrogens is 5. The van der Waals surface area contributed by atoms with Gasteiger partial charge in [-0.1, -0.05) is 11.8 Å². The molecule has 7 aromatic rings. The van der Waals surface area contributed by atoms with Crippen molar-refractivity contribution in [2.45, 2.75) is 42.6 Å². The number of azo groups is 2. The largest absolute Gasteiger partial charge is 0.495 e. The van der Waals surface area contributed by atoms with Crippen LogP contribution in [0.3, 0.4) is 0 Å². The van der Waals surface area contributed by atoms with Gasteiger partial charge < -0.3 is 35.0 Å². The Balaban J connectivity index is 1.27. The summed E-state index contributed by atoms with van der Waals surface area (Å²) in [5, 5.41) is 55.2. The second kappa shape index (κ2) is 24.7. The molecule has 0 aliphatic rings. The van der Waals surface area contributed by atoms with Gasteiger partial charge in [0.05, 0.1) is 32.2 Å². The molecule has 0 amide bonds. The molecule has 3 aromatic heterocycles. The average molecular weight is 1130 g/mol. The summed E-state index contributed by atoms with van der Waals surface area (Å²) < 4.78 is 87.4. The van der Waals surface area contributed by atoms with E-state index < -0.39 is 30.0 Å². The third-order valence-corrected chi connectivity index (χ3v) is 15.2. The van der Waals surface area contributed by atoms with Gasteiger partial charge in [0, 0.05) is 54.4 Å². The Bertz CT molecular complexity index is 3420. The maximum atomic E-state index is 12.2. The molecular weight excluding hydrogens is 1080 g/mol. The van der Waals surface area contributed by atoms with E-state index in [1.54, 1.807) is 12.1 Å². The van der Waals surface area contributed by atoms with Crippen molar-refractivity contribution in [3.8, 4) is 46.2 Å². The zero-order valence-electron chi connectivity index (χ0n) is 41.3. The fraction of sp³-hybridized carbons (Fsp3) is 0.255. The number of aliphatic hydroxyl groups excluding tert-OH is 1. The molecule has 0 bridgehead atoms. The van der Waals surface area contributed by atoms with Crippen molar-refractivity contribution in [2.24, 2.45) is 20.5 Å². The molecule has 0 saturated heterocycles. The molecule has 24 nitrogen and oxygen atoms in total. The predicted octanol–water partition coefficient (Wildman–Crippen LogP) is 10.5. The van der Waals surface area contributed by atoms with Crippen LogP contribution in [0.4, 0.5) is 56.0 Å². The van der Waals surface area contributed by atoms with Crippen molar-refractivity contribution >= 4 is 111 Å². The number of thioether (sulfide) groups is 1. The summed E-state index contributed by atoms with van der Waals surface area (Å²) in [6, 6.07) is 23.0. The average Bonchev–Trinajstić information content (AvgIpc) is 4.03. The molecule has 5 N–H and O–H groups in total. The van der Waals surface area contributed by atoms with E-state index in [1.807, 2.05) is 52.0 Å². The van der Waals surface area contributed by atoms with Crippen molar-refractivity contribution in [2.75, 3.05) is 73.2 Å². The Morgan fingerprint density at radius 3 is 1.41 bits per heavy atom. The Morgan fingerprint density at radius 1 is 0.632 bits per heavy atom. The fourth-order valence-corrected chi connectivity index (χ4v) is 10.8. The van der Waals surface area contributed by atoms with Crippen LogP contribution in [0.25, 0.3) is 22.5 Å². The van der Waals surface area contributed by atoms with E-state index >= 15 is 0 Å². The number of rotatable bonds is 23. The van der Waals surface area contributed by atoms with Crippen molar-refractivity contribution in [3.63, 3.8) is 0 Å². The number of hydrogen-bond donors (Lipinski definition) is 5. The smallest absolute Gasteiger partial charge is 0.298 e. The minimum absolute atomic E-state index is 0.00455. The summed E-state index contributed by atoms with van der Waals surface area (Å²) in [6.07, 6.45) is 0. The molecule has 0 radical (unpaired) electrons. The standard InChI is InChI=1S/C47H47N15O9S5/c1-7-61(8-2)29-13-15-33(55-57-43-31(25-48)41(59-73-43)27-11-17-37(70-5)39(21-27)75(64,65)66)35(23-29)50-45-52-46(54-47(53-45)72-20-19-63)51-36-24-30(62(9-3)10-4)14-16-34(36)56-58-44-32(26-49)42(60-74-44)28-12-18-38(71-6)40(22-28)76(67,68)69/h11-18,21-24,63H,7-10,19-20H2,1-6H3,(H,64,65,66)(H,67,68,69)(H2,50,51,52,53,54). The third-order valence-electron chi connectivity index (χ3n) is 11.1. The van der Waals surface area contributed by atoms with E-state index in [4.69, 9.17) is 14.5 Å². The molecule has 0 aliphatic heterocycles. The van der Waals surface area contributed by atoms with E-state index in [-0.39, 0.29) is 84.6 Å². The molecular formula is C47H47N15O9S5. The van der Waals surface area contributed by atoms with Crippen LogP contribution in [0.1, 0.15) is 38.8 Å². The number of nitrogens with zero attached hydrogens (tertiary/aromatic N) is 13. The first-order valence-electron chi connectivity index (χ1n) is 22.8. The van der Waals surface area contributed by atoms with Gasteiger partial charge in [-0.15, -0.1) is 20.5 Å². The van der Waals surface area contributed by atoms with Crippen LogP contribution in [0.5, 0.6) is 11.5 Å². The summed E-state index contributed by atoms with van der Waals surface area (Å²) in [7, 11) is -6.88. The quantitative estimate of drug-likeness (QED) is 0.0226. The monoisotopic (exact) mass is 1130 g/mol. The highest BCUT2D eigenvalue weighted by Gasteiger charge is 2.24. The minimum Gasteiger partial charge on any atom is -0.495 e. The van der Waals surface area contributed by atoms with E-state index in [0.717, 1.165) is 46.6 Å². The number of methoxy groups -OCH3 is 2. The van der Waals surface area contributed by atoms with Crippen molar-refractivity contribution in [3.05, 3.63) is 83.9 Å². The lowest BCUT2D eigenvalue weighted by molar-refractivity contribution is 0.322. The molecule has 0 atom stereocenters. The van der Waals surface area contributed by atoms with Gasteiger partial charge in [0.15, 0.2) is 15.2 Å². The highest BCUT2D eigenvalue weighted by Crippen LogP contribution is 2.42. The van der Waals surface area contributed by atoms with Crippen molar-refractivity contribution in [1.82, 2.24) is 23.7 Å². The van der Waals surface area contributed by atoms with Crippen molar-refractivity contribution < 1.29 is 40.5 Å². The topological polar surface area (TPSA) is 339 Å². The molecule has 7 rings (SSSR count). The van der Waals surface area contributed by atoms with Crippen LogP contribution < -0.4 is 29.9 Å². The number of nitriles is 2. The molecule has 0 unspecified atom stereocenters. The first-order chi connectivity index (χ1) is 36.5. The van der Waals surface area contributed by atoms with Gasteiger partial charge in [0.25, 0.3) is 20.2 Å². The molecule has 394 valence electrons. The van der Waals surface area contributed by atoms with Crippen LogP contribution in [0.15, 0.2) is 108 Å². The Kier molecular flexibility index (Phi) is 18.2. The SMILES string of the molecule is CCN(CC)c1ccc(N=Nc2snc(-c3ccc(OC)c(S(=O)(=O)O)c3)c2C#N)c(Nc2nc(Nc3cc(N(CC)CC)ccc3N=Nc3snc(-c4ccc(OC)c(S(=O)(=O)O)c4)c3C#N)nc(SCCO)n2)c1. The normalized spacial score (nSPS) is 11.7. The third kappa shape index (κ3) is 12.8. The lowest BCUT2D eigenvalue weighted by atomic mass is 10.1. The van der Waals surface area contributed by atoms with Gasteiger partial charge in [0.2, 0.25) is 11.9 Å². The molecule has 3 heterocycles. The number of ether oxygens (including phenoxy) is 2. The Hall–Kier alpha value is -7.74. The molecule has 76 heavy (non-hydrogen) atoms. The highest BCUT2D eigenvalue weighted by molar-refractivity contribution is 7.99. The molecule has 29 heteroatoms. The van der Waals surface area contributed by atoms with E-state index in [1.165, 1.54) is 50.2 Å². The van der Waals surface area contributed by atoms with Gasteiger partial charge in [-0.25, -0.2) is 0 Å². The number of hydrogen-bond acceptors (Lipinski definition) is 25. The Morgan fingerprint density at radius 2 is 1.05 bits per heavy atom. The zero-order valence-corrected chi connectivity index (χ0v) is 45.4. The van der Waals surface area contributed by atoms with Gasteiger partial charge in [0.1, 0.15) is 67.3 Å². The second-order valence-corrected chi connectivity index (χ2v) is 20.9. The summed E-state index contributed by atoms with van der Waals surface area (Å²) in [4.78, 5) is 17.3. The van der Waals surface area contributed by atoms with E-state index in [9.17, 15) is 41.6 Å². The second-order valence-electron chi connectivity index (χ2n) is 15.6. The Labute approximate surface area is 449 Å². The van der Waals surface area contributed by atoms with Crippen LogP contribution in [-0.2, 0) is 20.2 Å². The number of nitrogens with one attached hydrogen (secondary N) is 2. The molecule has 0 fully saturated rings.